The molecule has 1 aromatic heterocycles. The topological polar surface area (TPSA) is 72.3 Å². The lowest BCUT2D eigenvalue weighted by Crippen LogP contribution is -1.97. The van der Waals surface area contributed by atoms with E-state index in [9.17, 15) is 4.79 Å². The monoisotopic (exact) mass is 522 g/mol. The van der Waals surface area contributed by atoms with E-state index in [0.717, 1.165) is 39.9 Å². The zero-order valence-corrected chi connectivity index (χ0v) is 23.1. The van der Waals surface area contributed by atoms with Crippen molar-refractivity contribution < 1.29 is 14.6 Å². The first kappa shape index (κ1) is 28.8. The number of benzene rings is 2. The first-order valence-electron chi connectivity index (χ1n) is 14.1. The second kappa shape index (κ2) is 16.9. The first-order chi connectivity index (χ1) is 18.2. The number of nitrogens with zero attached hydrogens (tertiary/aromatic N) is 2. The van der Waals surface area contributed by atoms with Gasteiger partial charge in [-0.2, -0.15) is 0 Å². The lowest BCUT2D eigenvalue weighted by atomic mass is 10.0. The van der Waals surface area contributed by atoms with Gasteiger partial charge in [-0.25, -0.2) is 4.79 Å². The van der Waals surface area contributed by atoms with Crippen molar-refractivity contribution in [2.45, 2.75) is 96.8 Å². The van der Waals surface area contributed by atoms with Crippen LogP contribution in [-0.2, 0) is 0 Å². The number of rotatable bonds is 19. The second-order valence-electron chi connectivity index (χ2n) is 9.76. The van der Waals surface area contributed by atoms with Gasteiger partial charge in [0.1, 0.15) is 15.8 Å². The molecule has 0 atom stereocenters. The van der Waals surface area contributed by atoms with Crippen LogP contribution in [0.5, 0.6) is 5.75 Å². The van der Waals surface area contributed by atoms with Gasteiger partial charge in [0, 0.05) is 11.1 Å². The van der Waals surface area contributed by atoms with E-state index in [1.807, 2.05) is 24.3 Å². The molecule has 3 aromatic rings. The number of hydrogen-bond acceptors (Lipinski definition) is 5. The number of carbonyl (C=O) groups is 1. The summed E-state index contributed by atoms with van der Waals surface area (Å²) in [4.78, 5) is 11.0. The molecule has 0 aliphatic rings. The van der Waals surface area contributed by atoms with Gasteiger partial charge in [0.25, 0.3) is 0 Å². The van der Waals surface area contributed by atoms with Crippen LogP contribution in [0.2, 0.25) is 0 Å². The summed E-state index contributed by atoms with van der Waals surface area (Å²) in [5, 5.41) is 19.2. The Labute approximate surface area is 226 Å². The van der Waals surface area contributed by atoms with Crippen molar-refractivity contribution >= 4 is 17.3 Å². The summed E-state index contributed by atoms with van der Waals surface area (Å²) in [6.45, 7) is 3.03. The highest BCUT2D eigenvalue weighted by Crippen LogP contribution is 2.31. The van der Waals surface area contributed by atoms with E-state index in [1.165, 1.54) is 94.8 Å². The Morgan fingerprint density at radius 1 is 0.676 bits per heavy atom. The molecule has 0 spiro atoms. The highest BCUT2D eigenvalue weighted by molar-refractivity contribution is 7.17. The molecule has 1 heterocycles. The van der Waals surface area contributed by atoms with Crippen molar-refractivity contribution in [2.75, 3.05) is 6.61 Å². The fraction of sp³-hybridized carbons (Fsp3) is 0.516. The van der Waals surface area contributed by atoms with Gasteiger partial charge in [0.2, 0.25) is 0 Å². The molecule has 200 valence electrons. The maximum absolute atomic E-state index is 11.0. The molecule has 0 radical (unpaired) electrons. The molecule has 0 fully saturated rings. The van der Waals surface area contributed by atoms with Crippen LogP contribution >= 0.6 is 11.3 Å². The standard InChI is InChI=1S/C31H42N2O3S/c1-2-3-4-5-6-7-8-9-10-11-12-13-14-15-24-36-28-22-20-26(21-23-28)30-33-32-29(37-30)25-16-18-27(19-17-25)31(34)35/h16-23H,2-15,24H2,1H3,(H,34,35). The van der Waals surface area contributed by atoms with Gasteiger partial charge in [-0.15, -0.1) is 10.2 Å². The fourth-order valence-corrected chi connectivity index (χ4v) is 5.25. The van der Waals surface area contributed by atoms with E-state index < -0.39 is 5.97 Å². The molecule has 0 unspecified atom stereocenters. The summed E-state index contributed by atoms with van der Waals surface area (Å²) in [6.07, 6.45) is 19.0. The molecule has 0 aliphatic heterocycles. The first-order valence-corrected chi connectivity index (χ1v) is 14.9. The predicted molar refractivity (Wildman–Crippen MR) is 154 cm³/mol. The lowest BCUT2D eigenvalue weighted by molar-refractivity contribution is 0.0697. The molecule has 0 saturated carbocycles. The van der Waals surface area contributed by atoms with Crippen LogP contribution in [-0.4, -0.2) is 27.9 Å². The summed E-state index contributed by atoms with van der Waals surface area (Å²) in [5.41, 5.74) is 2.12. The lowest BCUT2D eigenvalue weighted by Gasteiger charge is -2.07. The molecule has 0 amide bonds. The highest BCUT2D eigenvalue weighted by Gasteiger charge is 2.10. The van der Waals surface area contributed by atoms with E-state index in [2.05, 4.69) is 17.1 Å². The van der Waals surface area contributed by atoms with Gasteiger partial charge in [-0.3, -0.25) is 0 Å². The molecule has 5 nitrogen and oxygen atoms in total. The number of carboxylic acids is 1. The van der Waals surface area contributed by atoms with E-state index in [-0.39, 0.29) is 5.56 Å². The molecule has 2 aromatic carbocycles. The van der Waals surface area contributed by atoms with E-state index >= 15 is 0 Å². The molecule has 0 aliphatic carbocycles. The van der Waals surface area contributed by atoms with Crippen molar-refractivity contribution in [1.29, 1.82) is 0 Å². The van der Waals surface area contributed by atoms with Crippen LogP contribution in [0.4, 0.5) is 0 Å². The van der Waals surface area contributed by atoms with E-state index in [1.54, 1.807) is 24.3 Å². The maximum Gasteiger partial charge on any atom is 0.335 e. The normalized spacial score (nSPS) is 11.1. The highest BCUT2D eigenvalue weighted by atomic mass is 32.1. The molecule has 0 saturated heterocycles. The second-order valence-corrected chi connectivity index (χ2v) is 10.7. The zero-order valence-electron chi connectivity index (χ0n) is 22.3. The molecule has 6 heteroatoms. The smallest absolute Gasteiger partial charge is 0.335 e. The molecule has 3 rings (SSSR count). The largest absolute Gasteiger partial charge is 0.494 e. The maximum atomic E-state index is 11.0. The van der Waals surface area contributed by atoms with Crippen LogP contribution < -0.4 is 4.74 Å². The number of aromatic carboxylic acids is 1. The fourth-order valence-electron chi connectivity index (χ4n) is 4.39. The zero-order chi connectivity index (χ0) is 26.1. The predicted octanol–water partition coefficient (Wildman–Crippen LogP) is 9.43. The Morgan fingerprint density at radius 2 is 1.11 bits per heavy atom. The van der Waals surface area contributed by atoms with Crippen molar-refractivity contribution in [3.63, 3.8) is 0 Å². The van der Waals surface area contributed by atoms with Gasteiger partial charge in [0.05, 0.1) is 12.2 Å². The summed E-state index contributed by atoms with van der Waals surface area (Å²) < 4.78 is 5.93. The number of carboxylic acid groups (broad SMARTS) is 1. The van der Waals surface area contributed by atoms with Crippen LogP contribution in [0.25, 0.3) is 21.1 Å². The summed E-state index contributed by atoms with van der Waals surface area (Å²) >= 11 is 1.49. The van der Waals surface area contributed by atoms with Crippen LogP contribution in [0.1, 0.15) is 107 Å². The van der Waals surface area contributed by atoms with Crippen LogP contribution in [0, 0.1) is 0 Å². The van der Waals surface area contributed by atoms with Crippen molar-refractivity contribution in [2.24, 2.45) is 0 Å². The van der Waals surface area contributed by atoms with Crippen LogP contribution in [0.15, 0.2) is 48.5 Å². The van der Waals surface area contributed by atoms with E-state index in [0.29, 0.717) is 0 Å². The Balaban J connectivity index is 1.25. The average molecular weight is 523 g/mol. The van der Waals surface area contributed by atoms with Crippen LogP contribution in [0.3, 0.4) is 0 Å². The Kier molecular flexibility index (Phi) is 13.2. The minimum absolute atomic E-state index is 0.262. The third-order valence-electron chi connectivity index (χ3n) is 6.67. The molecular formula is C31H42N2O3S. The average Bonchev–Trinajstić information content (AvgIpc) is 3.42. The Hall–Kier alpha value is -2.73. The molecule has 37 heavy (non-hydrogen) atoms. The van der Waals surface area contributed by atoms with Crippen molar-refractivity contribution in [3.05, 3.63) is 54.1 Å². The van der Waals surface area contributed by atoms with Crippen molar-refractivity contribution in [3.8, 4) is 26.9 Å². The summed E-state index contributed by atoms with van der Waals surface area (Å²) in [7, 11) is 0. The minimum Gasteiger partial charge on any atom is -0.494 e. The molecule has 0 bridgehead atoms. The third-order valence-corrected chi connectivity index (χ3v) is 7.69. The Bertz CT molecular complexity index is 1030. The Morgan fingerprint density at radius 3 is 1.57 bits per heavy atom. The third kappa shape index (κ3) is 10.6. The van der Waals surface area contributed by atoms with Gasteiger partial charge in [-0.05, 0) is 42.8 Å². The van der Waals surface area contributed by atoms with Crippen molar-refractivity contribution in [1.82, 2.24) is 10.2 Å². The number of aromatic nitrogens is 2. The SMILES string of the molecule is CCCCCCCCCCCCCCCCOc1ccc(-c2nnc(-c3ccc(C(=O)O)cc3)s2)cc1. The van der Waals surface area contributed by atoms with E-state index in [4.69, 9.17) is 9.84 Å². The van der Waals surface area contributed by atoms with Gasteiger partial charge >= 0.3 is 5.97 Å². The number of unbranched alkanes of at least 4 members (excludes halogenated alkanes) is 13. The summed E-state index contributed by atoms with van der Waals surface area (Å²) in [5.74, 6) is -0.0522. The van der Waals surface area contributed by atoms with Gasteiger partial charge < -0.3 is 9.84 Å². The number of ether oxygens (including phenoxy) is 1. The van der Waals surface area contributed by atoms with Gasteiger partial charge in [0.15, 0.2) is 0 Å². The molecular weight excluding hydrogens is 480 g/mol. The quantitative estimate of drug-likeness (QED) is 0.159. The number of hydrogen-bond donors (Lipinski definition) is 1. The molecule has 1 N–H and O–H groups in total. The minimum atomic E-state index is -0.934. The summed E-state index contributed by atoms with van der Waals surface area (Å²) in [6, 6.07) is 14.7. The van der Waals surface area contributed by atoms with Gasteiger partial charge in [-0.1, -0.05) is 114 Å².